The van der Waals surface area contributed by atoms with E-state index in [1.807, 2.05) is 0 Å². The average Bonchev–Trinajstić information content (AvgIpc) is 2.88. The second-order valence-electron chi connectivity index (χ2n) is 5.00. The van der Waals surface area contributed by atoms with E-state index in [0.717, 1.165) is 0 Å². The van der Waals surface area contributed by atoms with Gasteiger partial charge in [0.15, 0.2) is 0 Å². The summed E-state index contributed by atoms with van der Waals surface area (Å²) in [6.45, 7) is 0. The van der Waals surface area contributed by atoms with Crippen molar-refractivity contribution in [1.82, 2.24) is 0 Å². The van der Waals surface area contributed by atoms with E-state index in [1.54, 1.807) is 0 Å². The first-order valence-electron chi connectivity index (χ1n) is 6.22. The number of aliphatic hydroxyl groups excluding tert-OH is 2. The van der Waals surface area contributed by atoms with Gasteiger partial charge < -0.3 is 20.4 Å². The zero-order chi connectivity index (χ0) is 13.7. The molecule has 104 valence electrons. The molecule has 6 nitrogen and oxygen atoms in total. The van der Waals surface area contributed by atoms with Crippen molar-refractivity contribution >= 4 is 11.9 Å². The predicted molar refractivity (Wildman–Crippen MR) is 62.0 cm³/mol. The van der Waals surface area contributed by atoms with E-state index in [9.17, 15) is 9.59 Å². The first-order chi connectivity index (χ1) is 8.40. The Morgan fingerprint density at radius 2 is 1.06 bits per heavy atom. The van der Waals surface area contributed by atoms with E-state index in [1.165, 1.54) is 0 Å². The predicted octanol–water partition coefficient (Wildman–Crippen LogP) is 0.464. The molecular weight excluding hydrogens is 240 g/mol. The topological polar surface area (TPSA) is 115 Å². The third kappa shape index (κ3) is 4.62. The van der Waals surface area contributed by atoms with Crippen LogP contribution in [0.1, 0.15) is 38.5 Å². The van der Waals surface area contributed by atoms with Crippen molar-refractivity contribution in [3.63, 3.8) is 0 Å². The third-order valence-corrected chi connectivity index (χ3v) is 3.51. The number of carboxylic acids is 2. The van der Waals surface area contributed by atoms with E-state index < -0.39 is 11.9 Å². The summed E-state index contributed by atoms with van der Waals surface area (Å²) in [5.41, 5.74) is 0. The highest BCUT2D eigenvalue weighted by molar-refractivity contribution is 5.70. The van der Waals surface area contributed by atoms with Crippen LogP contribution in [0, 0.1) is 11.8 Å². The van der Waals surface area contributed by atoms with Crippen molar-refractivity contribution in [3.05, 3.63) is 0 Å². The van der Waals surface area contributed by atoms with E-state index in [2.05, 4.69) is 0 Å². The molecule has 0 bridgehead atoms. The van der Waals surface area contributed by atoms with Crippen LogP contribution in [-0.4, -0.2) is 44.6 Å². The van der Waals surface area contributed by atoms with E-state index in [-0.39, 0.29) is 24.0 Å². The zero-order valence-corrected chi connectivity index (χ0v) is 10.2. The number of carbonyl (C=O) groups is 2. The van der Waals surface area contributed by atoms with Crippen LogP contribution in [0.25, 0.3) is 0 Å². The number of rotatable bonds is 2. The van der Waals surface area contributed by atoms with Gasteiger partial charge in [0.25, 0.3) is 0 Å². The molecule has 6 heteroatoms. The van der Waals surface area contributed by atoms with Gasteiger partial charge in [0.05, 0.1) is 24.0 Å². The molecular formula is C12H20O6. The van der Waals surface area contributed by atoms with Crippen LogP contribution in [0.5, 0.6) is 0 Å². The lowest BCUT2D eigenvalue weighted by Crippen LogP contribution is -2.10. The summed E-state index contributed by atoms with van der Waals surface area (Å²) in [7, 11) is 0. The SMILES string of the molecule is O=C(O)[C@@H]1CC[C@@H](O)C1.O=C(O)[C@H]1CC[C@H](O)C1. The zero-order valence-electron chi connectivity index (χ0n) is 10.2. The first-order valence-corrected chi connectivity index (χ1v) is 6.22. The third-order valence-electron chi connectivity index (χ3n) is 3.51. The molecule has 2 saturated carbocycles. The number of carboxylic acid groups (broad SMARTS) is 2. The van der Waals surface area contributed by atoms with Gasteiger partial charge in [0, 0.05) is 0 Å². The molecule has 4 N–H and O–H groups in total. The minimum absolute atomic E-state index is 0.292. The molecule has 2 fully saturated rings. The highest BCUT2D eigenvalue weighted by Crippen LogP contribution is 2.25. The lowest BCUT2D eigenvalue weighted by atomic mass is 10.1. The van der Waals surface area contributed by atoms with Crippen LogP contribution in [0.4, 0.5) is 0 Å². The maximum absolute atomic E-state index is 10.2. The summed E-state index contributed by atoms with van der Waals surface area (Å²) in [6.07, 6.45) is 2.71. The Kier molecular flexibility index (Phi) is 5.55. The average molecular weight is 260 g/mol. The maximum atomic E-state index is 10.2. The summed E-state index contributed by atoms with van der Waals surface area (Å²) in [5, 5.41) is 34.6. The molecule has 0 aromatic carbocycles. The van der Waals surface area contributed by atoms with Crippen molar-refractivity contribution in [2.45, 2.75) is 50.7 Å². The van der Waals surface area contributed by atoms with Crippen LogP contribution >= 0.6 is 0 Å². The fraction of sp³-hybridized carbons (Fsp3) is 0.833. The summed E-state index contributed by atoms with van der Waals surface area (Å²) in [5.74, 6) is -2.13. The Balaban J connectivity index is 0.000000180. The Morgan fingerprint density at radius 1 is 0.722 bits per heavy atom. The van der Waals surface area contributed by atoms with Gasteiger partial charge in [-0.05, 0) is 38.5 Å². The van der Waals surface area contributed by atoms with E-state index >= 15 is 0 Å². The largest absolute Gasteiger partial charge is 0.481 e. The van der Waals surface area contributed by atoms with Crippen molar-refractivity contribution in [2.75, 3.05) is 0 Å². The molecule has 2 rings (SSSR count). The van der Waals surface area contributed by atoms with Gasteiger partial charge >= 0.3 is 11.9 Å². The van der Waals surface area contributed by atoms with Gasteiger partial charge in [-0.1, -0.05) is 0 Å². The number of aliphatic carboxylic acids is 2. The molecule has 0 aromatic heterocycles. The second-order valence-corrected chi connectivity index (χ2v) is 5.00. The Morgan fingerprint density at radius 3 is 1.17 bits per heavy atom. The molecule has 18 heavy (non-hydrogen) atoms. The van der Waals surface area contributed by atoms with Crippen LogP contribution in [0.2, 0.25) is 0 Å². The smallest absolute Gasteiger partial charge is 0.306 e. The van der Waals surface area contributed by atoms with Crippen LogP contribution in [-0.2, 0) is 9.59 Å². The first kappa shape index (κ1) is 14.9. The Bertz CT molecular complexity index is 273. The summed E-state index contributed by atoms with van der Waals surface area (Å²) >= 11 is 0. The number of hydrogen-bond acceptors (Lipinski definition) is 4. The minimum atomic E-state index is -0.772. The van der Waals surface area contributed by atoms with Gasteiger partial charge in [0.1, 0.15) is 0 Å². The lowest BCUT2D eigenvalue weighted by molar-refractivity contribution is -0.142. The Hall–Kier alpha value is -1.14. The molecule has 0 saturated heterocycles. The molecule has 0 spiro atoms. The number of aliphatic hydroxyl groups is 2. The summed E-state index contributed by atoms with van der Waals surface area (Å²) in [6, 6.07) is 0. The minimum Gasteiger partial charge on any atom is -0.481 e. The van der Waals surface area contributed by atoms with E-state index in [0.29, 0.717) is 38.5 Å². The molecule has 0 heterocycles. The van der Waals surface area contributed by atoms with E-state index in [4.69, 9.17) is 20.4 Å². The van der Waals surface area contributed by atoms with Crippen LogP contribution in [0.3, 0.4) is 0 Å². The molecule has 0 unspecified atom stereocenters. The number of hydrogen-bond donors (Lipinski definition) is 4. The molecule has 2 aliphatic carbocycles. The maximum Gasteiger partial charge on any atom is 0.306 e. The van der Waals surface area contributed by atoms with Gasteiger partial charge in [0.2, 0.25) is 0 Å². The lowest BCUT2D eigenvalue weighted by Gasteiger charge is -1.99. The monoisotopic (exact) mass is 260 g/mol. The molecule has 2 aliphatic rings. The van der Waals surface area contributed by atoms with Crippen molar-refractivity contribution in [1.29, 1.82) is 0 Å². The van der Waals surface area contributed by atoms with Crippen LogP contribution in [0.15, 0.2) is 0 Å². The normalized spacial score (nSPS) is 34.8. The summed E-state index contributed by atoms with van der Waals surface area (Å²) in [4.78, 5) is 20.5. The molecule has 0 aliphatic heterocycles. The van der Waals surface area contributed by atoms with Crippen molar-refractivity contribution in [2.24, 2.45) is 11.8 Å². The quantitative estimate of drug-likeness (QED) is 0.573. The molecule has 0 radical (unpaired) electrons. The Labute approximate surface area is 105 Å². The molecule has 0 amide bonds. The fourth-order valence-electron chi connectivity index (χ4n) is 2.36. The van der Waals surface area contributed by atoms with Crippen molar-refractivity contribution < 1.29 is 30.0 Å². The standard InChI is InChI=1S/2C6H10O3/c2*7-5-2-1-4(3-5)6(8)9/h2*4-5,7H,1-3H2,(H,8,9)/t2*4-,5-/m10/s1. The highest BCUT2D eigenvalue weighted by atomic mass is 16.4. The second kappa shape index (κ2) is 6.70. The molecule has 0 aromatic rings. The van der Waals surface area contributed by atoms with Gasteiger partial charge in [-0.2, -0.15) is 0 Å². The molecule has 4 atom stereocenters. The van der Waals surface area contributed by atoms with Crippen molar-refractivity contribution in [3.8, 4) is 0 Å². The summed E-state index contributed by atoms with van der Waals surface area (Å²) < 4.78 is 0. The van der Waals surface area contributed by atoms with Gasteiger partial charge in [-0.15, -0.1) is 0 Å². The highest BCUT2D eigenvalue weighted by Gasteiger charge is 2.28. The van der Waals surface area contributed by atoms with Crippen LogP contribution < -0.4 is 0 Å². The van der Waals surface area contributed by atoms with Gasteiger partial charge in [-0.3, -0.25) is 9.59 Å². The fourth-order valence-corrected chi connectivity index (χ4v) is 2.36. The van der Waals surface area contributed by atoms with Gasteiger partial charge in [-0.25, -0.2) is 0 Å².